The van der Waals surface area contributed by atoms with E-state index in [0.717, 1.165) is 18.3 Å². The fraction of sp³-hybridized carbons (Fsp3) is 0.632. The SMILES string of the molecule is O=C(NC1CCC2CC3CC1(C2)C3)C1Cc2ccccc21. The largest absolute Gasteiger partial charge is 0.352 e. The first-order valence-electron chi connectivity index (χ1n) is 8.62. The topological polar surface area (TPSA) is 29.1 Å². The second-order valence-corrected chi connectivity index (χ2v) is 8.04. The molecule has 0 aliphatic heterocycles. The highest BCUT2D eigenvalue weighted by Gasteiger charge is 2.57. The number of hydrogen-bond acceptors (Lipinski definition) is 1. The highest BCUT2D eigenvalue weighted by Crippen LogP contribution is 2.63. The molecule has 3 bridgehead atoms. The standard InChI is InChI=1S/C19H23NO/c21-18(16-8-14-3-1-2-4-15(14)16)20-17-6-5-12-7-13-10-19(17,9-12)11-13/h1-4,12-13,16-17H,5-11H2,(H,20,21). The van der Waals surface area contributed by atoms with E-state index >= 15 is 0 Å². The molecule has 1 spiro atoms. The summed E-state index contributed by atoms with van der Waals surface area (Å²) < 4.78 is 0. The Balaban J connectivity index is 1.31. The van der Waals surface area contributed by atoms with Crippen LogP contribution in [0.15, 0.2) is 24.3 Å². The number of nitrogens with one attached hydrogen (secondary N) is 1. The van der Waals surface area contributed by atoms with E-state index in [1.807, 2.05) is 0 Å². The van der Waals surface area contributed by atoms with Crippen LogP contribution < -0.4 is 5.32 Å². The quantitative estimate of drug-likeness (QED) is 0.884. The molecule has 3 unspecified atom stereocenters. The van der Waals surface area contributed by atoms with E-state index in [9.17, 15) is 4.79 Å². The summed E-state index contributed by atoms with van der Waals surface area (Å²) in [5.41, 5.74) is 3.11. The second kappa shape index (κ2) is 4.12. The van der Waals surface area contributed by atoms with Crippen LogP contribution >= 0.6 is 0 Å². The molecule has 0 aromatic heterocycles. The highest BCUT2D eigenvalue weighted by atomic mass is 16.2. The van der Waals surface area contributed by atoms with Gasteiger partial charge in [0, 0.05) is 6.04 Å². The van der Waals surface area contributed by atoms with Gasteiger partial charge in [-0.1, -0.05) is 24.3 Å². The number of amides is 1. The number of carbonyl (C=O) groups is 1. The molecule has 5 aliphatic carbocycles. The summed E-state index contributed by atoms with van der Waals surface area (Å²) in [5, 5.41) is 3.46. The molecule has 3 atom stereocenters. The molecule has 0 saturated heterocycles. The minimum atomic E-state index is 0.120. The highest BCUT2D eigenvalue weighted by molar-refractivity contribution is 5.87. The molecule has 21 heavy (non-hydrogen) atoms. The van der Waals surface area contributed by atoms with Gasteiger partial charge in [0.1, 0.15) is 0 Å². The minimum absolute atomic E-state index is 0.120. The van der Waals surface area contributed by atoms with E-state index in [2.05, 4.69) is 29.6 Å². The predicted octanol–water partition coefficient (Wildman–Crippen LogP) is 3.41. The van der Waals surface area contributed by atoms with E-state index < -0.39 is 0 Å². The van der Waals surface area contributed by atoms with Gasteiger partial charge in [-0.05, 0) is 73.3 Å². The summed E-state index contributed by atoms with van der Waals surface area (Å²) in [7, 11) is 0. The van der Waals surface area contributed by atoms with Crippen LogP contribution in [0.4, 0.5) is 0 Å². The van der Waals surface area contributed by atoms with Gasteiger partial charge in [-0.25, -0.2) is 0 Å². The first kappa shape index (κ1) is 12.3. The summed E-state index contributed by atoms with van der Waals surface area (Å²) in [5.74, 6) is 2.36. The van der Waals surface area contributed by atoms with Crippen molar-refractivity contribution in [3.05, 3.63) is 35.4 Å². The molecule has 0 radical (unpaired) electrons. The van der Waals surface area contributed by atoms with E-state index in [0.29, 0.717) is 17.4 Å². The molecule has 110 valence electrons. The van der Waals surface area contributed by atoms with Crippen LogP contribution in [0, 0.1) is 17.3 Å². The van der Waals surface area contributed by atoms with Crippen LogP contribution in [0.3, 0.4) is 0 Å². The van der Waals surface area contributed by atoms with Crippen molar-refractivity contribution in [3.8, 4) is 0 Å². The summed E-state index contributed by atoms with van der Waals surface area (Å²) in [6, 6.07) is 8.87. The normalized spacial score (nSPS) is 42.3. The van der Waals surface area contributed by atoms with Crippen LogP contribution in [0.2, 0.25) is 0 Å². The van der Waals surface area contributed by atoms with Gasteiger partial charge in [0.2, 0.25) is 5.91 Å². The number of hydrogen-bond donors (Lipinski definition) is 1. The number of fused-ring (bicyclic) bond motifs is 1. The lowest BCUT2D eigenvalue weighted by Crippen LogP contribution is -2.61. The van der Waals surface area contributed by atoms with E-state index in [1.165, 1.54) is 49.7 Å². The minimum Gasteiger partial charge on any atom is -0.352 e. The monoisotopic (exact) mass is 281 g/mol. The zero-order chi connectivity index (χ0) is 14.0. The Bertz CT molecular complexity index is 601. The van der Waals surface area contributed by atoms with Gasteiger partial charge in [0.15, 0.2) is 0 Å². The number of carbonyl (C=O) groups excluding carboxylic acids is 1. The maximum Gasteiger partial charge on any atom is 0.228 e. The summed E-state index contributed by atoms with van der Waals surface area (Å²) >= 11 is 0. The molecule has 1 amide bonds. The van der Waals surface area contributed by atoms with Crippen molar-refractivity contribution in [1.29, 1.82) is 0 Å². The van der Waals surface area contributed by atoms with Gasteiger partial charge in [0.25, 0.3) is 0 Å². The molecule has 1 aromatic carbocycles. The average Bonchev–Trinajstić information content (AvgIpc) is 2.42. The first-order valence-corrected chi connectivity index (χ1v) is 8.62. The van der Waals surface area contributed by atoms with Crippen LogP contribution in [0.1, 0.15) is 55.6 Å². The molecule has 0 heterocycles. The van der Waals surface area contributed by atoms with Gasteiger partial charge in [-0.15, -0.1) is 0 Å². The van der Waals surface area contributed by atoms with Crippen LogP contribution in [0.5, 0.6) is 0 Å². The Morgan fingerprint density at radius 1 is 1.10 bits per heavy atom. The van der Waals surface area contributed by atoms with Crippen LogP contribution in [-0.4, -0.2) is 11.9 Å². The Morgan fingerprint density at radius 2 is 1.90 bits per heavy atom. The van der Waals surface area contributed by atoms with Crippen molar-refractivity contribution < 1.29 is 4.79 Å². The molecule has 1 N–H and O–H groups in total. The van der Waals surface area contributed by atoms with E-state index in [1.54, 1.807) is 0 Å². The third-order valence-corrected chi connectivity index (χ3v) is 6.84. The van der Waals surface area contributed by atoms with Gasteiger partial charge < -0.3 is 5.32 Å². The Morgan fingerprint density at radius 3 is 2.76 bits per heavy atom. The van der Waals surface area contributed by atoms with E-state index in [4.69, 9.17) is 0 Å². The lowest BCUT2D eigenvalue weighted by atomic mass is 9.45. The van der Waals surface area contributed by atoms with E-state index in [-0.39, 0.29) is 5.92 Å². The molecule has 2 nitrogen and oxygen atoms in total. The molecule has 4 saturated carbocycles. The van der Waals surface area contributed by atoms with Crippen molar-refractivity contribution in [2.75, 3.05) is 0 Å². The smallest absolute Gasteiger partial charge is 0.228 e. The second-order valence-electron chi connectivity index (χ2n) is 8.04. The number of rotatable bonds is 2. The lowest BCUT2D eigenvalue weighted by Gasteiger charge is -2.62. The van der Waals surface area contributed by atoms with Crippen molar-refractivity contribution in [3.63, 3.8) is 0 Å². The zero-order valence-electron chi connectivity index (χ0n) is 12.5. The van der Waals surface area contributed by atoms with Crippen molar-refractivity contribution in [2.45, 2.75) is 56.9 Å². The fourth-order valence-electron chi connectivity index (χ4n) is 5.90. The predicted molar refractivity (Wildman–Crippen MR) is 81.9 cm³/mol. The summed E-state index contributed by atoms with van der Waals surface area (Å²) in [6.07, 6.45) is 9.12. The van der Waals surface area contributed by atoms with Gasteiger partial charge in [0.05, 0.1) is 5.92 Å². The Labute approximate surface area is 126 Å². The van der Waals surface area contributed by atoms with Crippen molar-refractivity contribution in [2.24, 2.45) is 17.3 Å². The molecule has 2 heteroatoms. The Kier molecular flexibility index (Phi) is 2.40. The molecule has 6 rings (SSSR count). The zero-order valence-corrected chi connectivity index (χ0v) is 12.5. The molecule has 5 aliphatic rings. The molecule has 4 fully saturated rings. The molecular formula is C19H23NO. The third kappa shape index (κ3) is 1.68. The van der Waals surface area contributed by atoms with Gasteiger partial charge >= 0.3 is 0 Å². The molecular weight excluding hydrogens is 258 g/mol. The first-order chi connectivity index (χ1) is 10.2. The van der Waals surface area contributed by atoms with Crippen molar-refractivity contribution >= 4 is 5.91 Å². The maximum absolute atomic E-state index is 12.7. The molecule has 1 aromatic rings. The van der Waals surface area contributed by atoms with Gasteiger partial charge in [-0.2, -0.15) is 0 Å². The third-order valence-electron chi connectivity index (χ3n) is 6.84. The van der Waals surface area contributed by atoms with Crippen LogP contribution in [-0.2, 0) is 11.2 Å². The number of benzene rings is 1. The Hall–Kier alpha value is -1.31. The van der Waals surface area contributed by atoms with Gasteiger partial charge in [-0.3, -0.25) is 4.79 Å². The van der Waals surface area contributed by atoms with Crippen LogP contribution in [0.25, 0.3) is 0 Å². The summed E-state index contributed by atoms with van der Waals surface area (Å²) in [4.78, 5) is 12.7. The van der Waals surface area contributed by atoms with Crippen molar-refractivity contribution in [1.82, 2.24) is 5.32 Å². The average molecular weight is 281 g/mol. The summed E-state index contributed by atoms with van der Waals surface area (Å²) in [6.45, 7) is 0. The lowest BCUT2D eigenvalue weighted by molar-refractivity contribution is -0.133. The maximum atomic E-state index is 12.7. The fourth-order valence-corrected chi connectivity index (χ4v) is 5.90.